The number of carbonyl (C=O) groups is 6. The third-order valence-corrected chi connectivity index (χ3v) is 5.18. The number of hydrogen-bond acceptors (Lipinski definition) is 7. The Kier molecular flexibility index (Phi) is 16.4. The van der Waals surface area contributed by atoms with Crippen molar-refractivity contribution >= 4 is 35.8 Å². The van der Waals surface area contributed by atoms with Crippen molar-refractivity contribution in [1.82, 2.24) is 26.6 Å². The van der Waals surface area contributed by atoms with Gasteiger partial charge in [0.25, 0.3) is 0 Å². The molecule has 0 aromatic heterocycles. The van der Waals surface area contributed by atoms with E-state index in [0.29, 0.717) is 38.8 Å². The second kappa shape index (κ2) is 19.4. The number of carbonyl (C=O) groups excluding carboxylic acids is 6. The molecule has 0 heterocycles. The quantitative estimate of drug-likeness (QED) is 0.0967. The van der Waals surface area contributed by atoms with Gasteiger partial charge < -0.3 is 37.1 Å². The fourth-order valence-corrected chi connectivity index (χ4v) is 3.19. The largest absolute Gasteiger partial charge is 0.355 e. The fraction of sp³-hybridized carbons (Fsp3) is 0.520. The Morgan fingerprint density at radius 1 is 0.757 bits per heavy atom. The predicted octanol–water partition coefficient (Wildman–Crippen LogP) is -1.32. The van der Waals surface area contributed by atoms with Crippen LogP contribution < -0.4 is 32.3 Å². The Hall–Kier alpha value is -3.80. The van der Waals surface area contributed by atoms with Crippen LogP contribution in [0.1, 0.15) is 44.1 Å². The van der Waals surface area contributed by atoms with Crippen LogP contribution in [0.2, 0.25) is 0 Å². The standard InChI is InChI=1S/C25H38N6O6/c26-12-6-2-5-11-21(33)28-16-23(35)29-18-24(36)31-20(15-19-9-3-1-4-10-19)25(37)30-17-22(34)27-13-7-8-14-32/h1,3-4,9-10,14,20H,2,5-8,11-13,15-18,26H2,(H,27,34)(H,28,33)(H,29,35)(H,30,37)(H,31,36). The molecule has 1 rings (SSSR count). The SMILES string of the molecule is NCCCCCC(=O)NCC(=O)NCC(=O)NC(Cc1ccccc1)C(=O)NCC(=O)NCCCC=O. The average Bonchev–Trinajstić information content (AvgIpc) is 2.90. The average molecular weight is 519 g/mol. The molecule has 1 atom stereocenters. The summed E-state index contributed by atoms with van der Waals surface area (Å²) >= 11 is 0. The molecule has 0 aliphatic carbocycles. The van der Waals surface area contributed by atoms with Crippen molar-refractivity contribution in [2.24, 2.45) is 5.73 Å². The van der Waals surface area contributed by atoms with Crippen LogP contribution in [0.15, 0.2) is 30.3 Å². The molecule has 204 valence electrons. The second-order valence-corrected chi connectivity index (χ2v) is 8.34. The van der Waals surface area contributed by atoms with Gasteiger partial charge in [-0.25, -0.2) is 0 Å². The monoisotopic (exact) mass is 518 g/mol. The maximum Gasteiger partial charge on any atom is 0.243 e. The number of nitrogens with one attached hydrogen (secondary N) is 5. The van der Waals surface area contributed by atoms with E-state index in [9.17, 15) is 28.8 Å². The lowest BCUT2D eigenvalue weighted by molar-refractivity contribution is -0.131. The number of rotatable bonds is 19. The van der Waals surface area contributed by atoms with E-state index in [4.69, 9.17) is 5.73 Å². The first-order valence-corrected chi connectivity index (χ1v) is 12.4. The third-order valence-electron chi connectivity index (χ3n) is 5.18. The molecule has 0 saturated carbocycles. The topological polar surface area (TPSA) is 189 Å². The van der Waals surface area contributed by atoms with Gasteiger partial charge in [-0.05, 0) is 31.4 Å². The summed E-state index contributed by atoms with van der Waals surface area (Å²) in [5.74, 6) is -2.38. The van der Waals surface area contributed by atoms with E-state index in [1.807, 2.05) is 6.07 Å². The Morgan fingerprint density at radius 2 is 1.41 bits per heavy atom. The van der Waals surface area contributed by atoms with Gasteiger partial charge in [-0.1, -0.05) is 36.8 Å². The van der Waals surface area contributed by atoms with Crippen LogP contribution in [-0.4, -0.2) is 74.6 Å². The molecule has 1 aromatic rings. The minimum absolute atomic E-state index is 0.174. The van der Waals surface area contributed by atoms with Crippen LogP contribution >= 0.6 is 0 Å². The molecule has 0 fully saturated rings. The third kappa shape index (κ3) is 15.7. The van der Waals surface area contributed by atoms with E-state index in [-0.39, 0.29) is 32.0 Å². The zero-order valence-corrected chi connectivity index (χ0v) is 21.1. The maximum absolute atomic E-state index is 12.7. The summed E-state index contributed by atoms with van der Waals surface area (Å²) in [6.07, 6.45) is 4.40. The molecule has 7 N–H and O–H groups in total. The van der Waals surface area contributed by atoms with Crippen molar-refractivity contribution in [1.29, 1.82) is 0 Å². The molecule has 12 heteroatoms. The first kappa shape index (κ1) is 31.2. The van der Waals surface area contributed by atoms with E-state index >= 15 is 0 Å². The molecule has 0 aliphatic heterocycles. The van der Waals surface area contributed by atoms with Gasteiger partial charge in [0.1, 0.15) is 12.3 Å². The fourth-order valence-electron chi connectivity index (χ4n) is 3.19. The molecule has 0 bridgehead atoms. The van der Waals surface area contributed by atoms with Crippen LogP contribution in [0.3, 0.4) is 0 Å². The minimum atomic E-state index is -0.983. The molecule has 12 nitrogen and oxygen atoms in total. The molecular formula is C25H38N6O6. The molecule has 5 amide bonds. The van der Waals surface area contributed by atoms with Crippen molar-refractivity contribution in [3.63, 3.8) is 0 Å². The van der Waals surface area contributed by atoms with Crippen LogP contribution in [0.5, 0.6) is 0 Å². The van der Waals surface area contributed by atoms with E-state index in [1.54, 1.807) is 24.3 Å². The van der Waals surface area contributed by atoms with Crippen LogP contribution in [0.4, 0.5) is 0 Å². The molecule has 37 heavy (non-hydrogen) atoms. The minimum Gasteiger partial charge on any atom is -0.355 e. The number of hydrogen-bond donors (Lipinski definition) is 6. The number of aldehydes is 1. The van der Waals surface area contributed by atoms with Gasteiger partial charge in [-0.3, -0.25) is 24.0 Å². The lowest BCUT2D eigenvalue weighted by Crippen LogP contribution is -2.52. The number of benzene rings is 1. The Labute approximate surface area is 216 Å². The van der Waals surface area contributed by atoms with Gasteiger partial charge >= 0.3 is 0 Å². The summed E-state index contributed by atoms with van der Waals surface area (Å²) in [5.41, 5.74) is 6.20. The number of unbranched alkanes of at least 4 members (excludes halogenated alkanes) is 3. The van der Waals surface area contributed by atoms with Crippen molar-refractivity contribution in [3.8, 4) is 0 Å². The highest BCUT2D eigenvalue weighted by atomic mass is 16.2. The van der Waals surface area contributed by atoms with Crippen molar-refractivity contribution in [2.75, 3.05) is 32.7 Å². The first-order valence-electron chi connectivity index (χ1n) is 12.4. The normalized spacial score (nSPS) is 11.1. The highest BCUT2D eigenvalue weighted by Crippen LogP contribution is 2.04. The van der Waals surface area contributed by atoms with Gasteiger partial charge in [0.15, 0.2) is 0 Å². The summed E-state index contributed by atoms with van der Waals surface area (Å²) in [6.45, 7) is -0.0611. The van der Waals surface area contributed by atoms with Gasteiger partial charge in [0.2, 0.25) is 29.5 Å². The first-order chi connectivity index (χ1) is 17.8. The van der Waals surface area contributed by atoms with Crippen LogP contribution in [-0.2, 0) is 35.2 Å². The van der Waals surface area contributed by atoms with E-state index in [2.05, 4.69) is 26.6 Å². The predicted molar refractivity (Wildman–Crippen MR) is 137 cm³/mol. The van der Waals surface area contributed by atoms with Crippen molar-refractivity contribution < 1.29 is 28.8 Å². The molecule has 1 aromatic carbocycles. The summed E-state index contributed by atoms with van der Waals surface area (Å²) < 4.78 is 0. The lowest BCUT2D eigenvalue weighted by atomic mass is 10.1. The second-order valence-electron chi connectivity index (χ2n) is 8.34. The molecule has 0 radical (unpaired) electrons. The molecule has 0 aliphatic rings. The molecule has 0 saturated heterocycles. The van der Waals surface area contributed by atoms with Crippen molar-refractivity contribution in [2.45, 2.75) is 51.0 Å². The van der Waals surface area contributed by atoms with Crippen LogP contribution in [0, 0.1) is 0 Å². The smallest absolute Gasteiger partial charge is 0.243 e. The van der Waals surface area contributed by atoms with Crippen molar-refractivity contribution in [3.05, 3.63) is 35.9 Å². The van der Waals surface area contributed by atoms with Gasteiger partial charge in [-0.15, -0.1) is 0 Å². The summed E-state index contributed by atoms with van der Waals surface area (Å²) in [6, 6.07) is 8.03. The summed E-state index contributed by atoms with van der Waals surface area (Å²) in [7, 11) is 0. The van der Waals surface area contributed by atoms with Gasteiger partial charge in [0.05, 0.1) is 19.6 Å². The highest BCUT2D eigenvalue weighted by molar-refractivity contribution is 5.92. The van der Waals surface area contributed by atoms with E-state index in [1.165, 1.54) is 0 Å². The zero-order valence-electron chi connectivity index (χ0n) is 21.1. The maximum atomic E-state index is 12.7. The number of amides is 5. The zero-order chi connectivity index (χ0) is 27.3. The van der Waals surface area contributed by atoms with Gasteiger partial charge in [0, 0.05) is 25.8 Å². The van der Waals surface area contributed by atoms with Gasteiger partial charge in [-0.2, -0.15) is 0 Å². The Morgan fingerprint density at radius 3 is 2.11 bits per heavy atom. The van der Waals surface area contributed by atoms with E-state index in [0.717, 1.165) is 24.7 Å². The summed E-state index contributed by atoms with van der Waals surface area (Å²) in [5, 5.41) is 12.6. The molecule has 1 unspecified atom stereocenters. The molecule has 0 spiro atoms. The van der Waals surface area contributed by atoms with Crippen LogP contribution in [0.25, 0.3) is 0 Å². The summed E-state index contributed by atoms with van der Waals surface area (Å²) in [4.78, 5) is 71.1. The lowest BCUT2D eigenvalue weighted by Gasteiger charge is -2.19. The number of nitrogens with two attached hydrogens (primary N) is 1. The van der Waals surface area contributed by atoms with E-state index < -0.39 is 29.7 Å². The Balaban J connectivity index is 2.50. The Bertz CT molecular complexity index is 880. The molecular weight excluding hydrogens is 480 g/mol. The highest BCUT2D eigenvalue weighted by Gasteiger charge is 2.22.